The lowest BCUT2D eigenvalue weighted by molar-refractivity contribution is -0.140. The fraction of sp³-hybridized carbons (Fsp3) is 0.222. The van der Waals surface area contributed by atoms with Crippen LogP contribution in [0.3, 0.4) is 0 Å². The average Bonchev–Trinajstić information content (AvgIpc) is 2.63. The smallest absolute Gasteiger partial charge is 0.405 e. The molecule has 8 heteroatoms. The third-order valence-electron chi connectivity index (χ3n) is 3.20. The van der Waals surface area contributed by atoms with Crippen molar-refractivity contribution in [2.45, 2.75) is 12.8 Å². The summed E-state index contributed by atoms with van der Waals surface area (Å²) in [5.74, 6) is -1.24. The van der Waals surface area contributed by atoms with Crippen LogP contribution in [0, 0.1) is 0 Å². The van der Waals surface area contributed by atoms with Crippen LogP contribution in [0.15, 0.2) is 54.6 Å². The molecule has 2 rings (SSSR count). The molecule has 0 aliphatic rings. The second-order valence-corrected chi connectivity index (χ2v) is 5.23. The molecule has 0 heterocycles. The van der Waals surface area contributed by atoms with E-state index in [1.807, 2.05) is 6.07 Å². The fourth-order valence-electron chi connectivity index (χ4n) is 1.98. The Balaban J connectivity index is 1.91. The van der Waals surface area contributed by atoms with Crippen molar-refractivity contribution < 1.29 is 32.2 Å². The van der Waals surface area contributed by atoms with Crippen LogP contribution in [-0.4, -0.2) is 31.2 Å². The molecule has 5 nitrogen and oxygen atoms in total. The van der Waals surface area contributed by atoms with Crippen molar-refractivity contribution in [2.75, 3.05) is 13.2 Å². The Labute approximate surface area is 147 Å². The summed E-state index contributed by atoms with van der Waals surface area (Å²) in [5.41, 5.74) is 0.698. The highest BCUT2D eigenvalue weighted by Crippen LogP contribution is 2.16. The summed E-state index contributed by atoms with van der Waals surface area (Å²) in [6, 6.07) is 15.4. The second kappa shape index (κ2) is 8.89. The Bertz CT molecular complexity index is 748. The molecule has 0 saturated carbocycles. The molecule has 0 aromatic heterocycles. The number of nitrogens with one attached hydrogen (secondary N) is 1. The van der Waals surface area contributed by atoms with Gasteiger partial charge in [0, 0.05) is 5.56 Å². The molecule has 138 valence electrons. The van der Waals surface area contributed by atoms with E-state index in [-0.39, 0.29) is 12.2 Å². The topological polar surface area (TPSA) is 64.6 Å². The van der Waals surface area contributed by atoms with Gasteiger partial charge >= 0.3 is 12.1 Å². The van der Waals surface area contributed by atoms with E-state index in [4.69, 9.17) is 9.47 Å². The maximum atomic E-state index is 12.1. The van der Waals surface area contributed by atoms with Crippen molar-refractivity contribution in [3.05, 3.63) is 65.7 Å². The van der Waals surface area contributed by atoms with Gasteiger partial charge in [0.05, 0.1) is 5.56 Å². The molecular formula is C18H16F3NO4. The molecule has 0 saturated heterocycles. The number of esters is 1. The fourth-order valence-corrected chi connectivity index (χ4v) is 1.98. The van der Waals surface area contributed by atoms with Gasteiger partial charge < -0.3 is 14.8 Å². The second-order valence-electron chi connectivity index (χ2n) is 5.23. The number of halogens is 3. The molecule has 1 N–H and O–H groups in total. The number of hydrogen-bond acceptors (Lipinski definition) is 4. The molecule has 2 aromatic carbocycles. The summed E-state index contributed by atoms with van der Waals surface area (Å²) in [6.45, 7) is -2.19. The lowest BCUT2D eigenvalue weighted by atomic mass is 10.1. The van der Waals surface area contributed by atoms with Gasteiger partial charge in [0.25, 0.3) is 5.91 Å². The Hall–Kier alpha value is -3.03. The Morgan fingerprint density at radius 1 is 0.962 bits per heavy atom. The third kappa shape index (κ3) is 6.46. The van der Waals surface area contributed by atoms with Gasteiger partial charge in [0.15, 0.2) is 6.61 Å². The van der Waals surface area contributed by atoms with Crippen LogP contribution in [0.1, 0.15) is 15.9 Å². The van der Waals surface area contributed by atoms with Crippen LogP contribution in [0.25, 0.3) is 0 Å². The maximum Gasteiger partial charge on any atom is 0.405 e. The monoisotopic (exact) mass is 367 g/mol. The number of carbonyl (C=O) groups excluding carboxylic acids is 2. The molecule has 0 bridgehead atoms. The summed E-state index contributed by atoms with van der Waals surface area (Å²) in [6.07, 6.45) is -4.53. The van der Waals surface area contributed by atoms with Crippen LogP contribution in [0.2, 0.25) is 0 Å². The first-order valence-electron chi connectivity index (χ1n) is 7.61. The predicted molar refractivity (Wildman–Crippen MR) is 86.6 cm³/mol. The van der Waals surface area contributed by atoms with Crippen LogP contribution < -0.4 is 10.1 Å². The van der Waals surface area contributed by atoms with Gasteiger partial charge in [0.1, 0.15) is 18.9 Å². The SMILES string of the molecule is O=C(COC(=O)c1ccccc1COc1ccccc1)NCC(F)(F)F. The summed E-state index contributed by atoms with van der Waals surface area (Å²) in [5, 5.41) is 1.62. The number of rotatable bonds is 7. The van der Waals surface area contributed by atoms with Gasteiger partial charge in [0.2, 0.25) is 0 Å². The highest BCUT2D eigenvalue weighted by Gasteiger charge is 2.27. The van der Waals surface area contributed by atoms with E-state index >= 15 is 0 Å². The van der Waals surface area contributed by atoms with Gasteiger partial charge in [-0.25, -0.2) is 4.79 Å². The Kier molecular flexibility index (Phi) is 6.60. The number of benzene rings is 2. The quantitative estimate of drug-likeness (QED) is 0.764. The van der Waals surface area contributed by atoms with E-state index in [0.29, 0.717) is 11.3 Å². The first kappa shape index (κ1) is 19.3. The molecule has 0 radical (unpaired) electrons. The standard InChI is InChI=1S/C18H16F3NO4/c19-18(20,21)12-22-16(23)11-26-17(24)15-9-5-4-6-13(15)10-25-14-7-2-1-3-8-14/h1-9H,10-12H2,(H,22,23). The lowest BCUT2D eigenvalue weighted by Crippen LogP contribution is -2.36. The zero-order chi connectivity index (χ0) is 19.0. The molecule has 2 aromatic rings. The third-order valence-corrected chi connectivity index (χ3v) is 3.20. The largest absolute Gasteiger partial charge is 0.489 e. The van der Waals surface area contributed by atoms with E-state index in [2.05, 4.69) is 0 Å². The minimum absolute atomic E-state index is 0.0928. The van der Waals surface area contributed by atoms with Gasteiger partial charge in [-0.05, 0) is 18.2 Å². The van der Waals surface area contributed by atoms with E-state index in [9.17, 15) is 22.8 Å². The minimum atomic E-state index is -4.53. The van der Waals surface area contributed by atoms with Crippen LogP contribution >= 0.6 is 0 Å². The van der Waals surface area contributed by atoms with Crippen LogP contribution in [0.4, 0.5) is 13.2 Å². The summed E-state index contributed by atoms with van der Waals surface area (Å²) in [4.78, 5) is 23.4. The summed E-state index contributed by atoms with van der Waals surface area (Å²) >= 11 is 0. The molecule has 0 fully saturated rings. The molecule has 0 unspecified atom stereocenters. The van der Waals surface area contributed by atoms with Gasteiger partial charge in [-0.15, -0.1) is 0 Å². The van der Waals surface area contributed by atoms with Gasteiger partial charge in [-0.1, -0.05) is 36.4 Å². The number of hydrogen-bond donors (Lipinski definition) is 1. The Morgan fingerprint density at radius 2 is 1.62 bits per heavy atom. The van der Waals surface area contributed by atoms with Crippen molar-refractivity contribution in [3.63, 3.8) is 0 Å². The van der Waals surface area contributed by atoms with E-state index < -0.39 is 31.2 Å². The number of alkyl halides is 3. The van der Waals surface area contributed by atoms with Crippen LogP contribution in [0.5, 0.6) is 5.75 Å². The molecule has 0 atom stereocenters. The number of para-hydroxylation sites is 1. The maximum absolute atomic E-state index is 12.1. The zero-order valence-electron chi connectivity index (χ0n) is 13.6. The Morgan fingerprint density at radius 3 is 2.31 bits per heavy atom. The number of amides is 1. The van der Waals surface area contributed by atoms with Crippen molar-refractivity contribution in [1.29, 1.82) is 0 Å². The molecule has 0 aliphatic heterocycles. The number of ether oxygens (including phenoxy) is 2. The highest BCUT2D eigenvalue weighted by atomic mass is 19.4. The van der Waals surface area contributed by atoms with Crippen molar-refractivity contribution in [3.8, 4) is 5.75 Å². The molecule has 0 spiro atoms. The molecular weight excluding hydrogens is 351 g/mol. The highest BCUT2D eigenvalue weighted by molar-refractivity contribution is 5.92. The van der Waals surface area contributed by atoms with Gasteiger partial charge in [-0.3, -0.25) is 4.79 Å². The minimum Gasteiger partial charge on any atom is -0.489 e. The lowest BCUT2D eigenvalue weighted by Gasteiger charge is -2.11. The van der Waals surface area contributed by atoms with Crippen molar-refractivity contribution >= 4 is 11.9 Å². The molecule has 0 aliphatic carbocycles. The average molecular weight is 367 g/mol. The summed E-state index contributed by atoms with van der Waals surface area (Å²) < 4.78 is 46.4. The van der Waals surface area contributed by atoms with Gasteiger partial charge in [-0.2, -0.15) is 13.2 Å². The zero-order valence-corrected chi connectivity index (χ0v) is 13.6. The molecule has 1 amide bonds. The first-order chi connectivity index (χ1) is 12.3. The number of carbonyl (C=O) groups is 2. The van der Waals surface area contributed by atoms with E-state index in [1.54, 1.807) is 47.8 Å². The van der Waals surface area contributed by atoms with E-state index in [1.165, 1.54) is 6.07 Å². The molecule has 26 heavy (non-hydrogen) atoms. The summed E-state index contributed by atoms with van der Waals surface area (Å²) in [7, 11) is 0. The normalized spacial score (nSPS) is 10.9. The van der Waals surface area contributed by atoms with Crippen molar-refractivity contribution in [2.24, 2.45) is 0 Å². The van der Waals surface area contributed by atoms with Crippen LogP contribution in [-0.2, 0) is 16.1 Å². The van der Waals surface area contributed by atoms with Crippen molar-refractivity contribution in [1.82, 2.24) is 5.32 Å². The first-order valence-corrected chi connectivity index (χ1v) is 7.61. The predicted octanol–water partition coefficient (Wildman–Crippen LogP) is 3.10. The van der Waals surface area contributed by atoms with E-state index in [0.717, 1.165) is 0 Å².